The summed E-state index contributed by atoms with van der Waals surface area (Å²) in [4.78, 5) is 3.81. The van der Waals surface area contributed by atoms with Crippen molar-refractivity contribution in [1.29, 1.82) is 0 Å². The molecular weight excluding hydrogens is 546 g/mol. The quantitative estimate of drug-likeness (QED) is 0.224. The molecule has 1 aliphatic rings. The molecule has 2 heterocycles. The number of aromatic nitrogens is 1. The number of para-hydroxylation sites is 2. The van der Waals surface area contributed by atoms with Crippen molar-refractivity contribution in [3.8, 4) is 22.3 Å². The second-order valence-corrected chi connectivity index (χ2v) is 12.1. The van der Waals surface area contributed by atoms with Crippen LogP contribution >= 0.6 is 0 Å². The zero-order valence-corrected chi connectivity index (χ0v) is 24.4. The molecule has 210 valence electrons. The largest absolute Gasteiger partial charge is 0.455 e. The maximum absolute atomic E-state index is 6.38. The number of benzene rings is 7. The number of H-pyrrole nitrogens is 1. The lowest BCUT2D eigenvalue weighted by atomic mass is 9.67. The van der Waals surface area contributed by atoms with Crippen molar-refractivity contribution >= 4 is 43.7 Å². The molecule has 0 atom stereocenters. The summed E-state index contributed by atoms with van der Waals surface area (Å²) in [5.41, 5.74) is 13.7. The van der Waals surface area contributed by atoms with Crippen LogP contribution in [0.4, 0.5) is 0 Å². The third kappa shape index (κ3) is 3.29. The molecule has 0 saturated heterocycles. The smallest absolute Gasteiger partial charge is 0.143 e. The van der Waals surface area contributed by atoms with Gasteiger partial charge in [-0.05, 0) is 57.1 Å². The maximum atomic E-state index is 6.38. The van der Waals surface area contributed by atoms with E-state index in [1.165, 1.54) is 44.2 Å². The van der Waals surface area contributed by atoms with Crippen molar-refractivity contribution in [3.63, 3.8) is 0 Å². The molecule has 2 heteroatoms. The molecule has 2 aromatic heterocycles. The van der Waals surface area contributed by atoms with Gasteiger partial charge >= 0.3 is 0 Å². The first-order chi connectivity index (χ1) is 22.3. The Morgan fingerprint density at radius 3 is 1.84 bits per heavy atom. The van der Waals surface area contributed by atoms with Crippen LogP contribution in [0.15, 0.2) is 162 Å². The van der Waals surface area contributed by atoms with Crippen LogP contribution in [-0.2, 0) is 5.41 Å². The third-order valence-electron chi connectivity index (χ3n) is 9.91. The van der Waals surface area contributed by atoms with Crippen LogP contribution in [0.2, 0.25) is 0 Å². The van der Waals surface area contributed by atoms with Gasteiger partial charge in [-0.2, -0.15) is 0 Å². The fourth-order valence-corrected chi connectivity index (χ4v) is 8.00. The van der Waals surface area contributed by atoms with E-state index in [0.29, 0.717) is 0 Å². The number of rotatable bonds is 3. The molecule has 0 unspecified atom stereocenters. The summed E-state index contributed by atoms with van der Waals surface area (Å²) in [7, 11) is 0. The lowest BCUT2D eigenvalue weighted by Gasteiger charge is -2.33. The first-order valence-electron chi connectivity index (χ1n) is 15.5. The highest BCUT2D eigenvalue weighted by atomic mass is 16.3. The minimum Gasteiger partial charge on any atom is -0.455 e. The van der Waals surface area contributed by atoms with Gasteiger partial charge in [-0.1, -0.05) is 140 Å². The highest BCUT2D eigenvalue weighted by Crippen LogP contribution is 2.56. The molecule has 1 N–H and O–H groups in total. The van der Waals surface area contributed by atoms with Gasteiger partial charge in [0.15, 0.2) is 0 Å². The van der Waals surface area contributed by atoms with E-state index in [2.05, 4.69) is 151 Å². The number of hydrogen-bond donors (Lipinski definition) is 1. The molecule has 0 fully saturated rings. The van der Waals surface area contributed by atoms with Crippen LogP contribution in [-0.4, -0.2) is 4.98 Å². The molecule has 9 aromatic rings. The van der Waals surface area contributed by atoms with Crippen LogP contribution in [0.3, 0.4) is 0 Å². The molecule has 0 spiro atoms. The van der Waals surface area contributed by atoms with Gasteiger partial charge in [0, 0.05) is 38.1 Å². The summed E-state index contributed by atoms with van der Waals surface area (Å²) in [6, 6.07) is 57.2. The first kappa shape index (κ1) is 24.6. The normalized spacial score (nSPS) is 13.5. The zero-order chi connectivity index (χ0) is 29.5. The first-order valence-corrected chi connectivity index (χ1v) is 15.5. The number of hydrogen-bond acceptors (Lipinski definition) is 1. The van der Waals surface area contributed by atoms with E-state index in [1.54, 1.807) is 0 Å². The van der Waals surface area contributed by atoms with E-state index in [1.807, 2.05) is 12.1 Å². The van der Waals surface area contributed by atoms with Crippen molar-refractivity contribution in [2.75, 3.05) is 0 Å². The Hall–Kier alpha value is -5.86. The van der Waals surface area contributed by atoms with Gasteiger partial charge in [-0.25, -0.2) is 0 Å². The van der Waals surface area contributed by atoms with Crippen LogP contribution in [0.25, 0.3) is 66.0 Å². The van der Waals surface area contributed by atoms with Gasteiger partial charge in [-0.3, -0.25) is 0 Å². The third-order valence-corrected chi connectivity index (χ3v) is 9.91. The van der Waals surface area contributed by atoms with Crippen molar-refractivity contribution < 1.29 is 4.42 Å². The average molecular weight is 574 g/mol. The fraction of sp³-hybridized carbons (Fsp3) is 0.0233. The number of fused-ring (bicyclic) bond motifs is 9. The Balaban J connectivity index is 1.19. The minimum absolute atomic E-state index is 0.415. The van der Waals surface area contributed by atoms with Crippen molar-refractivity contribution in [3.05, 3.63) is 180 Å². The Bertz CT molecular complexity index is 2560. The van der Waals surface area contributed by atoms with Gasteiger partial charge in [0.05, 0.1) is 5.41 Å². The number of furan rings is 1. The molecule has 10 rings (SSSR count). The van der Waals surface area contributed by atoms with Gasteiger partial charge < -0.3 is 9.40 Å². The van der Waals surface area contributed by atoms with E-state index in [4.69, 9.17) is 4.42 Å². The molecule has 7 aromatic carbocycles. The summed E-state index contributed by atoms with van der Waals surface area (Å²) in [6.07, 6.45) is 0. The molecule has 45 heavy (non-hydrogen) atoms. The molecule has 0 bridgehead atoms. The second-order valence-electron chi connectivity index (χ2n) is 12.1. The van der Waals surface area contributed by atoms with Gasteiger partial charge in [0.1, 0.15) is 11.2 Å². The minimum atomic E-state index is -0.415. The highest BCUT2D eigenvalue weighted by Gasteiger charge is 2.45. The van der Waals surface area contributed by atoms with E-state index in [0.717, 1.165) is 44.1 Å². The van der Waals surface area contributed by atoms with Crippen molar-refractivity contribution in [2.24, 2.45) is 0 Å². The molecule has 0 amide bonds. The summed E-state index contributed by atoms with van der Waals surface area (Å²) in [5, 5.41) is 4.74. The Morgan fingerprint density at radius 1 is 0.422 bits per heavy atom. The Labute approximate surface area is 260 Å². The molecular formula is C43H27NO. The molecule has 2 nitrogen and oxygen atoms in total. The number of aromatic amines is 1. The fourth-order valence-electron chi connectivity index (χ4n) is 8.00. The van der Waals surface area contributed by atoms with Crippen molar-refractivity contribution in [1.82, 2.24) is 4.98 Å². The van der Waals surface area contributed by atoms with Crippen LogP contribution in [0.5, 0.6) is 0 Å². The Kier molecular flexibility index (Phi) is 4.95. The predicted octanol–water partition coefficient (Wildman–Crippen LogP) is 11.3. The zero-order valence-electron chi connectivity index (χ0n) is 24.4. The highest BCUT2D eigenvalue weighted by molar-refractivity contribution is 6.12. The van der Waals surface area contributed by atoms with Crippen LogP contribution in [0.1, 0.15) is 22.3 Å². The van der Waals surface area contributed by atoms with Crippen LogP contribution < -0.4 is 0 Å². The molecule has 1 aliphatic carbocycles. The lowest BCUT2D eigenvalue weighted by Crippen LogP contribution is -2.28. The second kappa shape index (κ2) is 9.07. The summed E-state index contributed by atoms with van der Waals surface area (Å²) in [6.45, 7) is 0. The van der Waals surface area contributed by atoms with Gasteiger partial charge in [0.25, 0.3) is 0 Å². The summed E-state index contributed by atoms with van der Waals surface area (Å²) in [5.74, 6) is 0. The van der Waals surface area contributed by atoms with Gasteiger partial charge in [0.2, 0.25) is 0 Å². The molecule has 0 saturated carbocycles. The SMILES string of the molecule is c1ccc(C2(c3ccc4c(c3)[nH]c3cc(-c5cccc6c5oc5ccccc56)ccc34)c3ccccc3-c3ccccc32)cc1. The van der Waals surface area contributed by atoms with E-state index in [-0.39, 0.29) is 0 Å². The van der Waals surface area contributed by atoms with Crippen LogP contribution in [0, 0.1) is 0 Å². The monoisotopic (exact) mass is 573 g/mol. The average Bonchev–Trinajstić information content (AvgIpc) is 3.76. The molecule has 0 aliphatic heterocycles. The van der Waals surface area contributed by atoms with Crippen molar-refractivity contribution in [2.45, 2.75) is 5.41 Å². The maximum Gasteiger partial charge on any atom is 0.143 e. The topological polar surface area (TPSA) is 28.9 Å². The standard InChI is InChI=1S/C43H27NO/c1-2-11-28(12-3-1)43(37-18-7-4-13-31(37)32-14-5-8-19-38(32)43)29-22-24-34-33-23-21-27(25-39(33)44-40(34)26-29)30-16-10-17-36-35-15-6-9-20-41(35)45-42(30)36/h1-26,44H. The summed E-state index contributed by atoms with van der Waals surface area (Å²) >= 11 is 0. The van der Waals surface area contributed by atoms with E-state index < -0.39 is 5.41 Å². The Morgan fingerprint density at radius 2 is 1.04 bits per heavy atom. The van der Waals surface area contributed by atoms with E-state index in [9.17, 15) is 0 Å². The molecule has 0 radical (unpaired) electrons. The summed E-state index contributed by atoms with van der Waals surface area (Å²) < 4.78 is 6.38. The predicted molar refractivity (Wildman–Crippen MR) is 186 cm³/mol. The van der Waals surface area contributed by atoms with E-state index >= 15 is 0 Å². The lowest BCUT2D eigenvalue weighted by molar-refractivity contribution is 0.670. The van der Waals surface area contributed by atoms with Gasteiger partial charge in [-0.15, -0.1) is 0 Å². The number of nitrogens with one attached hydrogen (secondary N) is 1.